The second-order valence-electron chi connectivity index (χ2n) is 0.671. The molecule has 0 aromatic rings. The summed E-state index contributed by atoms with van der Waals surface area (Å²) in [6.07, 6.45) is 0. The topological polar surface area (TPSA) is 199 Å². The smallest absolute Gasteiger partial charge is 0.356 e. The first kappa shape index (κ1) is 36.2. The van der Waals surface area contributed by atoms with Crippen LogP contribution in [0, 0.1) is 46.0 Å². The van der Waals surface area contributed by atoms with E-state index in [0.29, 0.717) is 0 Å². The van der Waals surface area contributed by atoms with Gasteiger partial charge >= 0.3 is 81.9 Å². The Kier molecular flexibility index (Phi) is 70.5. The maximum absolute atomic E-state index is 8.25. The first-order valence-corrected chi connectivity index (χ1v) is 1.64. The normalized spacial score (nSPS) is 4.80. The minimum atomic E-state index is -1.75. The SMILES string of the molecule is O=[N+]([O-])[O-].O=[N+]([O-])[O-].O=[N+]([O-])[O-].[Tl+].[Tl+].[Tl+]. The van der Waals surface area contributed by atoms with Gasteiger partial charge < -0.3 is 46.0 Å². The van der Waals surface area contributed by atoms with Crippen LogP contribution in [-0.2, 0) is 0 Å². The van der Waals surface area contributed by atoms with Crippen molar-refractivity contribution in [2.24, 2.45) is 0 Å². The van der Waals surface area contributed by atoms with Crippen LogP contribution >= 0.6 is 0 Å². The van der Waals surface area contributed by atoms with Crippen LogP contribution in [0.3, 0.4) is 0 Å². The van der Waals surface area contributed by atoms with E-state index in [4.69, 9.17) is 46.0 Å². The molecule has 0 saturated heterocycles. The molecule has 0 atom stereocenters. The summed E-state index contributed by atoms with van der Waals surface area (Å²) in [4.78, 5) is 24.8. The van der Waals surface area contributed by atoms with Crippen molar-refractivity contribution in [1.82, 2.24) is 0 Å². The molecule has 0 radical (unpaired) electrons. The molecule has 15 heteroatoms. The zero-order chi connectivity index (χ0) is 10.7. The molecule has 0 N–H and O–H groups in total. The Balaban J connectivity index is -0.0000000184. The monoisotopic (exact) mass is 801 g/mol. The molecular weight excluding hydrogens is 799 g/mol. The van der Waals surface area contributed by atoms with Crippen LogP contribution in [0.2, 0.25) is 0 Å². The van der Waals surface area contributed by atoms with E-state index in [1.807, 2.05) is 0 Å². The predicted molar refractivity (Wildman–Crippen MR) is 48.3 cm³/mol. The Morgan fingerprint density at radius 2 is 0.467 bits per heavy atom. The molecule has 0 amide bonds. The Hall–Kier alpha value is 0.366. The van der Waals surface area contributed by atoms with Gasteiger partial charge in [0.05, 0.1) is 15.3 Å². The second-order valence-corrected chi connectivity index (χ2v) is 0.671. The van der Waals surface area contributed by atoms with Crippen molar-refractivity contribution in [1.29, 1.82) is 0 Å². The van der Waals surface area contributed by atoms with Gasteiger partial charge in [-0.05, 0) is 0 Å². The third-order valence-corrected chi connectivity index (χ3v) is 0. The van der Waals surface area contributed by atoms with Crippen molar-refractivity contribution in [3.63, 3.8) is 0 Å². The van der Waals surface area contributed by atoms with Gasteiger partial charge in [-0.25, -0.2) is 0 Å². The fourth-order valence-electron chi connectivity index (χ4n) is 0. The number of rotatable bonds is 0. The Labute approximate surface area is 141 Å². The van der Waals surface area contributed by atoms with Crippen LogP contribution in [0.1, 0.15) is 0 Å². The molecule has 15 heavy (non-hydrogen) atoms. The van der Waals surface area contributed by atoms with Gasteiger partial charge in [0.2, 0.25) is 0 Å². The van der Waals surface area contributed by atoms with Crippen LogP contribution in [0.15, 0.2) is 0 Å². The summed E-state index contributed by atoms with van der Waals surface area (Å²) >= 11 is 0. The van der Waals surface area contributed by atoms with Crippen molar-refractivity contribution in [2.75, 3.05) is 0 Å². The van der Waals surface area contributed by atoms with Crippen LogP contribution in [-0.4, -0.2) is 97.2 Å². The predicted octanol–water partition coefficient (Wildman–Crippen LogP) is -1.86. The van der Waals surface area contributed by atoms with Gasteiger partial charge in [0.1, 0.15) is 0 Å². The van der Waals surface area contributed by atoms with Crippen LogP contribution in [0.25, 0.3) is 0 Å². The number of hydrogen-bond donors (Lipinski definition) is 0. The summed E-state index contributed by atoms with van der Waals surface area (Å²) in [5.74, 6) is 0. The van der Waals surface area contributed by atoms with Gasteiger partial charge in [0.25, 0.3) is 0 Å². The van der Waals surface area contributed by atoms with E-state index in [1.165, 1.54) is 0 Å². The van der Waals surface area contributed by atoms with Gasteiger partial charge in [-0.15, -0.1) is 0 Å². The summed E-state index contributed by atoms with van der Waals surface area (Å²) in [7, 11) is 0. The summed E-state index contributed by atoms with van der Waals surface area (Å²) in [6, 6.07) is 0. The van der Waals surface area contributed by atoms with E-state index in [-0.39, 0.29) is 81.9 Å². The molecule has 0 bridgehead atoms. The molecule has 0 saturated carbocycles. The third-order valence-electron chi connectivity index (χ3n) is 0. The summed E-state index contributed by atoms with van der Waals surface area (Å²) in [5.41, 5.74) is 0. The zero-order valence-corrected chi connectivity index (χ0v) is 20.2. The van der Waals surface area contributed by atoms with E-state index in [0.717, 1.165) is 0 Å². The van der Waals surface area contributed by atoms with Gasteiger partial charge in [0, 0.05) is 0 Å². The van der Waals surface area contributed by atoms with Gasteiger partial charge in [-0.2, -0.15) is 0 Å². The molecule has 0 heterocycles. The van der Waals surface area contributed by atoms with Gasteiger partial charge in [-0.3, -0.25) is 0 Å². The Morgan fingerprint density at radius 3 is 0.467 bits per heavy atom. The fraction of sp³-hybridized carbons (Fsp3) is 0. The minimum Gasteiger partial charge on any atom is -0.356 e. The van der Waals surface area contributed by atoms with Gasteiger partial charge in [-0.1, -0.05) is 0 Å². The fourth-order valence-corrected chi connectivity index (χ4v) is 0. The van der Waals surface area contributed by atoms with Crippen molar-refractivity contribution < 1.29 is 15.3 Å². The van der Waals surface area contributed by atoms with E-state index < -0.39 is 15.3 Å². The molecule has 0 aromatic heterocycles. The summed E-state index contributed by atoms with van der Waals surface area (Å²) in [6.45, 7) is 0. The molecule has 0 aliphatic carbocycles. The van der Waals surface area contributed by atoms with Crippen molar-refractivity contribution in [2.45, 2.75) is 0 Å². The van der Waals surface area contributed by atoms with Crippen molar-refractivity contribution >= 4 is 81.9 Å². The average Bonchev–Trinajstić information content (AvgIpc) is 1.54. The molecule has 0 aromatic carbocycles. The Morgan fingerprint density at radius 1 is 0.467 bits per heavy atom. The quantitative estimate of drug-likeness (QED) is 0.153. The summed E-state index contributed by atoms with van der Waals surface area (Å²) < 4.78 is 0. The van der Waals surface area contributed by atoms with E-state index in [2.05, 4.69) is 0 Å². The maximum Gasteiger partial charge on any atom is 1.00 e. The second kappa shape index (κ2) is 29.3. The molecular formula is N3O9Tl3. The number of nitrogens with zero attached hydrogens (tertiary/aromatic N) is 3. The van der Waals surface area contributed by atoms with Crippen molar-refractivity contribution in [3.8, 4) is 0 Å². The first-order valence-electron chi connectivity index (χ1n) is 1.64. The first-order chi connectivity index (χ1) is 5.20. The molecule has 0 aliphatic heterocycles. The Bertz CT molecular complexity index is 118. The van der Waals surface area contributed by atoms with Crippen LogP contribution in [0.4, 0.5) is 0 Å². The van der Waals surface area contributed by atoms with Gasteiger partial charge in [0.15, 0.2) is 0 Å². The third kappa shape index (κ3) is 16400. The zero-order valence-electron chi connectivity index (χ0n) is 6.75. The van der Waals surface area contributed by atoms with E-state index >= 15 is 0 Å². The molecule has 0 fully saturated rings. The average molecular weight is 799 g/mol. The van der Waals surface area contributed by atoms with Crippen LogP contribution < -0.4 is 0 Å². The minimum absolute atomic E-state index is 0. The largest absolute Gasteiger partial charge is 1.00 e. The molecule has 0 spiro atoms. The van der Waals surface area contributed by atoms with Crippen molar-refractivity contribution in [3.05, 3.63) is 46.0 Å². The van der Waals surface area contributed by atoms with E-state index in [1.54, 1.807) is 0 Å². The number of hydrogen-bond acceptors (Lipinski definition) is 9. The molecule has 12 nitrogen and oxygen atoms in total. The van der Waals surface area contributed by atoms with E-state index in [9.17, 15) is 0 Å². The molecule has 0 rings (SSSR count). The van der Waals surface area contributed by atoms with Crippen LogP contribution in [0.5, 0.6) is 0 Å². The summed E-state index contributed by atoms with van der Waals surface area (Å²) in [5, 5.41) is 44.2. The molecule has 78 valence electrons. The molecule has 0 aliphatic rings. The maximum atomic E-state index is 8.25. The molecule has 0 unspecified atom stereocenters. The standard InChI is InChI=1S/3NO3.3Tl/c3*2-1(3)4;;;/q3*-1;3*+1.